The van der Waals surface area contributed by atoms with E-state index in [1.807, 2.05) is 25.9 Å². The highest BCUT2D eigenvalue weighted by Crippen LogP contribution is 2.16. The van der Waals surface area contributed by atoms with E-state index in [1.165, 1.54) is 135 Å². The van der Waals surface area contributed by atoms with Crippen molar-refractivity contribution in [1.29, 1.82) is 0 Å². The van der Waals surface area contributed by atoms with Crippen molar-refractivity contribution < 1.29 is 33.4 Å². The Morgan fingerprint density at radius 2 is 1.07 bits per heavy atom. The number of hydrogen-bond acceptors (Lipinski definition) is 10. The first-order valence-corrected chi connectivity index (χ1v) is 24.8. The van der Waals surface area contributed by atoms with Gasteiger partial charge >= 0.3 is 17.9 Å². The topological polar surface area (TPSA) is 127 Å². The molecule has 11 nitrogen and oxygen atoms in total. The van der Waals surface area contributed by atoms with Gasteiger partial charge in [0, 0.05) is 45.2 Å². The monoisotopic (exact) mass is 859 g/mol. The molecule has 0 bridgehead atoms. The maximum Gasteiger partial charge on any atom is 0.338 e. The van der Waals surface area contributed by atoms with Crippen molar-refractivity contribution in [3.05, 3.63) is 29.6 Å². The van der Waals surface area contributed by atoms with Gasteiger partial charge in [-0.2, -0.15) is 0 Å². The van der Waals surface area contributed by atoms with E-state index in [9.17, 15) is 19.2 Å². The Morgan fingerprint density at radius 3 is 1.54 bits per heavy atom. The summed E-state index contributed by atoms with van der Waals surface area (Å²) in [5, 5.41) is 3.13. The number of amides is 1. The summed E-state index contributed by atoms with van der Waals surface area (Å²) >= 11 is 0. The number of carbonyl (C=O) groups excluding carboxylic acids is 4. The van der Waals surface area contributed by atoms with Gasteiger partial charge < -0.3 is 29.3 Å². The number of nitrogens with zero attached hydrogens (tertiary/aromatic N) is 3. The molecule has 0 aliphatic heterocycles. The minimum atomic E-state index is -0.906. The summed E-state index contributed by atoms with van der Waals surface area (Å²) in [6.45, 7) is 8.58. The molecule has 1 unspecified atom stereocenters. The van der Waals surface area contributed by atoms with Crippen LogP contribution in [-0.4, -0.2) is 98.2 Å². The van der Waals surface area contributed by atoms with Crippen LogP contribution < -0.4 is 5.32 Å². The van der Waals surface area contributed by atoms with Crippen LogP contribution in [0.2, 0.25) is 0 Å². The molecular formula is C50H90N4O7. The molecule has 1 heterocycles. The minimum Gasteiger partial charge on any atom is -0.462 e. The van der Waals surface area contributed by atoms with Gasteiger partial charge in [0.1, 0.15) is 13.2 Å². The van der Waals surface area contributed by atoms with Crippen LogP contribution in [-0.2, 0) is 35.1 Å². The molecule has 0 saturated carbocycles. The van der Waals surface area contributed by atoms with E-state index in [4.69, 9.17) is 14.2 Å². The largest absolute Gasteiger partial charge is 0.462 e. The molecule has 1 aromatic rings. The number of nitrogens with one attached hydrogen (secondary N) is 1. The van der Waals surface area contributed by atoms with Crippen molar-refractivity contribution in [3.63, 3.8) is 0 Å². The van der Waals surface area contributed by atoms with Gasteiger partial charge in [-0.05, 0) is 46.0 Å². The molecular weight excluding hydrogens is 769 g/mol. The second kappa shape index (κ2) is 39.8. The molecule has 0 saturated heterocycles. The molecule has 0 fully saturated rings. The lowest BCUT2D eigenvalue weighted by molar-refractivity contribution is -0.161. The number of likely N-dealkylation sites (N-methyl/N-ethyl adjacent to an activating group) is 2. The average molecular weight is 859 g/mol. The summed E-state index contributed by atoms with van der Waals surface area (Å²) in [6.07, 6.45) is 33.0. The molecule has 0 radical (unpaired) electrons. The fourth-order valence-corrected chi connectivity index (χ4v) is 7.34. The summed E-state index contributed by atoms with van der Waals surface area (Å²) in [7, 11) is 3.95. The predicted molar refractivity (Wildman–Crippen MR) is 248 cm³/mol. The number of hydrogen-bond donors (Lipinski definition) is 1. The maximum atomic E-state index is 13.1. The number of carbonyl (C=O) groups is 4. The summed E-state index contributed by atoms with van der Waals surface area (Å²) in [5.41, 5.74) is 0.872. The van der Waals surface area contributed by atoms with Crippen LogP contribution in [0.1, 0.15) is 217 Å². The van der Waals surface area contributed by atoms with Gasteiger partial charge in [0.05, 0.1) is 17.8 Å². The van der Waals surface area contributed by atoms with Gasteiger partial charge in [0.15, 0.2) is 6.10 Å². The Morgan fingerprint density at radius 1 is 0.607 bits per heavy atom. The number of esters is 3. The third kappa shape index (κ3) is 33.2. The van der Waals surface area contributed by atoms with Crippen molar-refractivity contribution >= 4 is 23.8 Å². The Labute approximate surface area is 372 Å². The summed E-state index contributed by atoms with van der Waals surface area (Å²) in [6, 6.07) is 3.18. The van der Waals surface area contributed by atoms with Gasteiger partial charge in [-0.1, -0.05) is 168 Å². The van der Waals surface area contributed by atoms with Crippen molar-refractivity contribution in [2.75, 3.05) is 53.5 Å². The van der Waals surface area contributed by atoms with E-state index in [-0.39, 0.29) is 49.6 Å². The fraction of sp³-hybridized carbons (Fsp3) is 0.820. The average Bonchev–Trinajstić information content (AvgIpc) is 3.25. The van der Waals surface area contributed by atoms with E-state index in [1.54, 1.807) is 17.0 Å². The smallest absolute Gasteiger partial charge is 0.338 e. The van der Waals surface area contributed by atoms with E-state index in [0.717, 1.165) is 45.1 Å². The highest BCUT2D eigenvalue weighted by molar-refractivity contribution is 5.89. The van der Waals surface area contributed by atoms with E-state index in [0.29, 0.717) is 31.7 Å². The summed E-state index contributed by atoms with van der Waals surface area (Å²) in [5.74, 6) is -1.32. The van der Waals surface area contributed by atoms with Gasteiger partial charge in [-0.15, -0.1) is 0 Å². The Kier molecular flexibility index (Phi) is 36.5. The highest BCUT2D eigenvalue weighted by Gasteiger charge is 2.21. The zero-order valence-electron chi connectivity index (χ0n) is 39.8. The normalized spacial score (nSPS) is 11.8. The Hall–Kier alpha value is -3.05. The van der Waals surface area contributed by atoms with E-state index in [2.05, 4.69) is 24.1 Å². The van der Waals surface area contributed by atoms with E-state index < -0.39 is 12.1 Å². The first-order valence-electron chi connectivity index (χ1n) is 24.8. The summed E-state index contributed by atoms with van der Waals surface area (Å²) < 4.78 is 16.9. The lowest BCUT2D eigenvalue weighted by Crippen LogP contribution is -2.41. The lowest BCUT2D eigenvalue weighted by Gasteiger charge is -2.23. The lowest BCUT2D eigenvalue weighted by atomic mass is 10.0. The van der Waals surface area contributed by atoms with E-state index >= 15 is 0 Å². The van der Waals surface area contributed by atoms with Gasteiger partial charge in [-0.3, -0.25) is 19.4 Å². The molecule has 352 valence electrons. The Balaban J connectivity index is 2.54. The number of rotatable bonds is 42. The third-order valence-electron chi connectivity index (χ3n) is 11.3. The highest BCUT2D eigenvalue weighted by atomic mass is 16.6. The van der Waals surface area contributed by atoms with Crippen LogP contribution >= 0.6 is 0 Å². The molecule has 0 aromatic carbocycles. The van der Waals surface area contributed by atoms with Crippen molar-refractivity contribution in [1.82, 2.24) is 20.1 Å². The molecule has 1 atom stereocenters. The standard InChI is InChI=1S/C50H90N4O7/c1-6-9-11-13-15-17-19-21-23-25-27-29-31-33-48(56)59-42-46(61-49(57)34-32-30-28-26-24-22-20-18-16-14-12-10-7-2)43-60-50(58)44-35-36-52-45(39-44)40-51-41-47(55)54(8-3)38-37-53(4)5/h35-36,39,46,51H,6-34,37-38,40-43H2,1-5H3. The zero-order chi connectivity index (χ0) is 44.6. The third-order valence-corrected chi connectivity index (χ3v) is 11.3. The number of pyridine rings is 1. The molecule has 61 heavy (non-hydrogen) atoms. The first kappa shape index (κ1) is 56.0. The van der Waals surface area contributed by atoms with Crippen LogP contribution in [0.5, 0.6) is 0 Å². The van der Waals surface area contributed by atoms with Gasteiger partial charge in [0.2, 0.25) is 5.91 Å². The van der Waals surface area contributed by atoms with Crippen LogP contribution in [0.3, 0.4) is 0 Å². The second-order valence-corrected chi connectivity index (χ2v) is 17.3. The second-order valence-electron chi connectivity index (χ2n) is 17.3. The summed E-state index contributed by atoms with van der Waals surface area (Å²) in [4.78, 5) is 59.6. The number of ether oxygens (including phenoxy) is 3. The maximum absolute atomic E-state index is 13.1. The molecule has 11 heteroatoms. The predicted octanol–water partition coefficient (Wildman–Crippen LogP) is 11.2. The number of aromatic nitrogens is 1. The van der Waals surface area contributed by atoms with Crippen molar-refractivity contribution in [2.24, 2.45) is 0 Å². The van der Waals surface area contributed by atoms with Crippen molar-refractivity contribution in [3.8, 4) is 0 Å². The van der Waals surface area contributed by atoms with Gasteiger partial charge in [0.25, 0.3) is 0 Å². The van der Waals surface area contributed by atoms with Crippen molar-refractivity contribution in [2.45, 2.75) is 213 Å². The molecule has 1 aromatic heterocycles. The molecule has 1 N–H and O–H groups in total. The molecule has 1 rings (SSSR count). The quantitative estimate of drug-likeness (QED) is 0.0385. The van der Waals surface area contributed by atoms with Crippen LogP contribution in [0, 0.1) is 0 Å². The van der Waals surface area contributed by atoms with Crippen LogP contribution in [0.4, 0.5) is 0 Å². The first-order chi connectivity index (χ1) is 29.7. The van der Waals surface area contributed by atoms with Gasteiger partial charge in [-0.25, -0.2) is 4.79 Å². The zero-order valence-corrected chi connectivity index (χ0v) is 39.8. The SMILES string of the molecule is CCCCCCCCCCCCCCCC(=O)OCC(COC(=O)c1ccnc(CNCC(=O)N(CC)CCN(C)C)c1)OC(=O)CCCCCCCCCCCCCCC. The fourth-order valence-electron chi connectivity index (χ4n) is 7.34. The molecule has 1 amide bonds. The van der Waals surface area contributed by atoms with Crippen LogP contribution in [0.15, 0.2) is 18.3 Å². The number of unbranched alkanes of at least 4 members (excludes halogenated alkanes) is 24. The molecule has 0 aliphatic carbocycles. The minimum absolute atomic E-state index is 0.000340. The molecule has 0 aliphatic rings. The van der Waals surface area contributed by atoms with Crippen LogP contribution in [0.25, 0.3) is 0 Å². The molecule has 0 spiro atoms. The Bertz CT molecular complexity index is 1250.